The van der Waals surface area contributed by atoms with Gasteiger partial charge < -0.3 is 5.32 Å². The molecular weight excluding hydrogens is 295 g/mol. The molecule has 0 spiro atoms. The van der Waals surface area contributed by atoms with Crippen LogP contribution in [0.1, 0.15) is 31.4 Å². The van der Waals surface area contributed by atoms with Crippen molar-refractivity contribution in [3.8, 4) is 0 Å². The summed E-state index contributed by atoms with van der Waals surface area (Å²) < 4.78 is 13.8. The van der Waals surface area contributed by atoms with Gasteiger partial charge in [-0.25, -0.2) is 4.39 Å². The smallest absolute Gasteiger partial charge is 0.137 e. The zero-order chi connectivity index (χ0) is 13.1. The predicted molar refractivity (Wildman–Crippen MR) is 76.2 cm³/mol. The second-order valence-electron chi connectivity index (χ2n) is 5.02. The van der Waals surface area contributed by atoms with Gasteiger partial charge in [-0.15, -0.1) is 0 Å². The minimum atomic E-state index is -0.201. The van der Waals surface area contributed by atoms with Gasteiger partial charge in [0.05, 0.1) is 4.47 Å². The summed E-state index contributed by atoms with van der Waals surface area (Å²) >= 11 is 3.25. The van der Waals surface area contributed by atoms with Gasteiger partial charge in [0.25, 0.3) is 0 Å². The van der Waals surface area contributed by atoms with Gasteiger partial charge in [0.2, 0.25) is 0 Å². The van der Waals surface area contributed by atoms with Crippen molar-refractivity contribution in [2.75, 3.05) is 20.1 Å². The summed E-state index contributed by atoms with van der Waals surface area (Å²) in [5, 5.41) is 3.43. The topological polar surface area (TPSA) is 15.3 Å². The molecule has 1 N–H and O–H groups in total. The van der Waals surface area contributed by atoms with Crippen molar-refractivity contribution in [3.63, 3.8) is 0 Å². The van der Waals surface area contributed by atoms with Crippen LogP contribution < -0.4 is 5.32 Å². The lowest BCUT2D eigenvalue weighted by atomic mass is 10.0. The Morgan fingerprint density at radius 2 is 2.28 bits per heavy atom. The molecule has 1 heterocycles. The molecule has 18 heavy (non-hydrogen) atoms. The Labute approximate surface area is 117 Å². The maximum Gasteiger partial charge on any atom is 0.137 e. The van der Waals surface area contributed by atoms with Crippen molar-refractivity contribution < 1.29 is 4.39 Å². The van der Waals surface area contributed by atoms with Crippen LogP contribution in [0.5, 0.6) is 0 Å². The van der Waals surface area contributed by atoms with Crippen LogP contribution in [0.2, 0.25) is 0 Å². The molecule has 1 fully saturated rings. The summed E-state index contributed by atoms with van der Waals surface area (Å²) in [6.07, 6.45) is 2.46. The van der Waals surface area contributed by atoms with E-state index in [9.17, 15) is 4.39 Å². The average Bonchev–Trinajstić information content (AvgIpc) is 2.41. The number of likely N-dealkylation sites (N-methyl/N-ethyl adjacent to an activating group) is 1. The van der Waals surface area contributed by atoms with Crippen LogP contribution in [-0.4, -0.2) is 31.1 Å². The van der Waals surface area contributed by atoms with E-state index in [1.807, 2.05) is 12.1 Å². The normalized spacial score (nSPS) is 22.2. The van der Waals surface area contributed by atoms with Crippen molar-refractivity contribution in [2.45, 2.75) is 31.8 Å². The van der Waals surface area contributed by atoms with E-state index in [0.717, 1.165) is 18.7 Å². The SMILES string of the molecule is CC(c1ccc(F)c(Br)c1)N(C)C1CCCNC1. The molecule has 1 aromatic carbocycles. The fourth-order valence-electron chi connectivity index (χ4n) is 2.50. The van der Waals surface area contributed by atoms with E-state index in [-0.39, 0.29) is 5.82 Å². The molecule has 1 aliphatic heterocycles. The summed E-state index contributed by atoms with van der Waals surface area (Å²) in [4.78, 5) is 2.38. The molecule has 0 aliphatic carbocycles. The van der Waals surface area contributed by atoms with Gasteiger partial charge >= 0.3 is 0 Å². The van der Waals surface area contributed by atoms with Gasteiger partial charge in [-0.1, -0.05) is 6.07 Å². The van der Waals surface area contributed by atoms with Crippen molar-refractivity contribution in [2.24, 2.45) is 0 Å². The standard InChI is InChI=1S/C14H20BrFN2/c1-10(11-5-6-14(16)13(15)8-11)18(2)12-4-3-7-17-9-12/h5-6,8,10,12,17H,3-4,7,9H2,1-2H3. The van der Waals surface area contributed by atoms with Gasteiger partial charge in [-0.2, -0.15) is 0 Å². The molecule has 4 heteroatoms. The number of benzene rings is 1. The van der Waals surface area contributed by atoms with Gasteiger partial charge in [0.1, 0.15) is 5.82 Å². The van der Waals surface area contributed by atoms with Crippen molar-refractivity contribution >= 4 is 15.9 Å². The number of hydrogen-bond acceptors (Lipinski definition) is 2. The first kappa shape index (κ1) is 14.0. The lowest BCUT2D eigenvalue weighted by molar-refractivity contribution is 0.156. The van der Waals surface area contributed by atoms with E-state index < -0.39 is 0 Å². The second kappa shape index (κ2) is 6.13. The van der Waals surface area contributed by atoms with Gasteiger partial charge in [0.15, 0.2) is 0 Å². The molecule has 2 nitrogen and oxygen atoms in total. The number of hydrogen-bond donors (Lipinski definition) is 1. The van der Waals surface area contributed by atoms with Crippen molar-refractivity contribution in [1.29, 1.82) is 0 Å². The third-order valence-electron chi connectivity index (χ3n) is 3.88. The van der Waals surface area contributed by atoms with Crippen LogP contribution in [0.15, 0.2) is 22.7 Å². The average molecular weight is 315 g/mol. The molecule has 1 saturated heterocycles. The highest BCUT2D eigenvalue weighted by Crippen LogP contribution is 2.26. The summed E-state index contributed by atoms with van der Waals surface area (Å²) in [6, 6.07) is 6.15. The van der Waals surface area contributed by atoms with E-state index in [1.165, 1.54) is 18.9 Å². The van der Waals surface area contributed by atoms with Crippen molar-refractivity contribution in [3.05, 3.63) is 34.1 Å². The first-order valence-electron chi connectivity index (χ1n) is 6.47. The molecule has 0 bridgehead atoms. The highest BCUT2D eigenvalue weighted by atomic mass is 79.9. The van der Waals surface area contributed by atoms with Crippen LogP contribution in [0.3, 0.4) is 0 Å². The van der Waals surface area contributed by atoms with Gasteiger partial charge in [-0.05, 0) is 67.0 Å². The fourth-order valence-corrected chi connectivity index (χ4v) is 2.90. The Kier molecular flexibility index (Phi) is 4.76. The van der Waals surface area contributed by atoms with E-state index in [2.05, 4.69) is 40.1 Å². The first-order valence-corrected chi connectivity index (χ1v) is 7.26. The van der Waals surface area contributed by atoms with Gasteiger partial charge in [0, 0.05) is 18.6 Å². The Morgan fingerprint density at radius 1 is 1.50 bits per heavy atom. The zero-order valence-electron chi connectivity index (χ0n) is 10.9. The molecule has 2 rings (SSSR count). The third kappa shape index (κ3) is 3.11. The summed E-state index contributed by atoms with van der Waals surface area (Å²) in [6.45, 7) is 4.35. The lowest BCUT2D eigenvalue weighted by Crippen LogP contribution is -2.45. The second-order valence-corrected chi connectivity index (χ2v) is 5.87. The van der Waals surface area contributed by atoms with Crippen LogP contribution in [0.4, 0.5) is 4.39 Å². The minimum absolute atomic E-state index is 0.201. The molecule has 1 aromatic rings. The highest BCUT2D eigenvalue weighted by molar-refractivity contribution is 9.10. The molecular formula is C14H20BrFN2. The molecule has 0 saturated carbocycles. The third-order valence-corrected chi connectivity index (χ3v) is 4.49. The maximum absolute atomic E-state index is 13.2. The number of piperidine rings is 1. The zero-order valence-corrected chi connectivity index (χ0v) is 12.5. The quantitative estimate of drug-likeness (QED) is 0.920. The molecule has 0 amide bonds. The Balaban J connectivity index is 2.09. The summed E-state index contributed by atoms with van der Waals surface area (Å²) in [7, 11) is 2.15. The van der Waals surface area contributed by atoms with E-state index >= 15 is 0 Å². The number of nitrogens with zero attached hydrogens (tertiary/aromatic N) is 1. The van der Waals surface area contributed by atoms with E-state index in [1.54, 1.807) is 0 Å². The number of rotatable bonds is 3. The van der Waals surface area contributed by atoms with Crippen LogP contribution >= 0.6 is 15.9 Å². The Morgan fingerprint density at radius 3 is 2.89 bits per heavy atom. The van der Waals surface area contributed by atoms with Crippen LogP contribution in [0, 0.1) is 5.82 Å². The fraction of sp³-hybridized carbons (Fsp3) is 0.571. The minimum Gasteiger partial charge on any atom is -0.315 e. The van der Waals surface area contributed by atoms with Crippen LogP contribution in [-0.2, 0) is 0 Å². The molecule has 0 aromatic heterocycles. The molecule has 2 unspecified atom stereocenters. The predicted octanol–water partition coefficient (Wildman–Crippen LogP) is 3.33. The monoisotopic (exact) mass is 314 g/mol. The lowest BCUT2D eigenvalue weighted by Gasteiger charge is -2.36. The number of nitrogens with one attached hydrogen (secondary N) is 1. The van der Waals surface area contributed by atoms with Crippen LogP contribution in [0.25, 0.3) is 0 Å². The van der Waals surface area contributed by atoms with E-state index in [0.29, 0.717) is 16.6 Å². The van der Waals surface area contributed by atoms with E-state index in [4.69, 9.17) is 0 Å². The van der Waals surface area contributed by atoms with Crippen molar-refractivity contribution in [1.82, 2.24) is 10.2 Å². The Hall–Kier alpha value is -0.450. The summed E-state index contributed by atoms with van der Waals surface area (Å²) in [5.74, 6) is -0.201. The largest absolute Gasteiger partial charge is 0.315 e. The Bertz CT molecular complexity index is 405. The molecule has 1 aliphatic rings. The highest BCUT2D eigenvalue weighted by Gasteiger charge is 2.22. The maximum atomic E-state index is 13.2. The molecule has 100 valence electrons. The van der Waals surface area contributed by atoms with Gasteiger partial charge in [-0.3, -0.25) is 4.90 Å². The number of halogens is 2. The summed E-state index contributed by atoms with van der Waals surface area (Å²) in [5.41, 5.74) is 1.15. The molecule has 2 atom stereocenters. The molecule has 0 radical (unpaired) electrons. The first-order chi connectivity index (χ1) is 8.59.